The molecule has 0 amide bonds. The molecule has 0 spiro atoms. The minimum Gasteiger partial charge on any atom is -0.480 e. The molecule has 0 fully saturated rings. The maximum atomic E-state index is 14.0. The number of halogens is 3. The lowest BCUT2D eigenvalue weighted by Crippen LogP contribution is -2.15. The van der Waals surface area contributed by atoms with Crippen molar-refractivity contribution < 1.29 is 17.5 Å². The molecule has 0 unspecified atom stereocenters. The number of fused-ring (bicyclic) bond motifs is 1. The molecule has 0 atom stereocenters. The smallest absolute Gasteiger partial charge is 0.265 e. The van der Waals surface area contributed by atoms with Crippen LogP contribution in [0.2, 0.25) is 10.0 Å². The third-order valence-corrected chi connectivity index (χ3v) is 5.10. The number of methoxy groups -OCH3 is 1. The van der Waals surface area contributed by atoms with Crippen molar-refractivity contribution in [3.8, 4) is 5.88 Å². The SMILES string of the molecule is COc1nc(NS(=O)(=O)c2c[nH]c3cc(Cl)ccc23)c(F)cc1Cl. The Morgan fingerprint density at radius 2 is 2.04 bits per heavy atom. The summed E-state index contributed by atoms with van der Waals surface area (Å²) in [5, 5.41) is 0.796. The van der Waals surface area contributed by atoms with Gasteiger partial charge in [-0.1, -0.05) is 23.2 Å². The van der Waals surface area contributed by atoms with Crippen LogP contribution in [0.4, 0.5) is 10.2 Å². The van der Waals surface area contributed by atoms with Gasteiger partial charge in [0.1, 0.15) is 9.92 Å². The molecule has 0 saturated heterocycles. The van der Waals surface area contributed by atoms with Gasteiger partial charge in [-0.05, 0) is 18.2 Å². The molecule has 0 bridgehead atoms. The number of benzene rings is 1. The van der Waals surface area contributed by atoms with Gasteiger partial charge in [-0.3, -0.25) is 4.72 Å². The number of aromatic amines is 1. The summed E-state index contributed by atoms with van der Waals surface area (Å²) in [5.74, 6) is -1.53. The summed E-state index contributed by atoms with van der Waals surface area (Å²) >= 11 is 11.6. The lowest BCUT2D eigenvalue weighted by atomic mass is 10.2. The monoisotopic (exact) mass is 389 g/mol. The van der Waals surface area contributed by atoms with Crippen LogP contribution in [0.3, 0.4) is 0 Å². The van der Waals surface area contributed by atoms with Crippen molar-refractivity contribution in [3.05, 3.63) is 46.3 Å². The van der Waals surface area contributed by atoms with Crippen molar-refractivity contribution in [2.45, 2.75) is 4.90 Å². The molecule has 3 rings (SSSR count). The highest BCUT2D eigenvalue weighted by atomic mass is 35.5. The van der Waals surface area contributed by atoms with Crippen molar-refractivity contribution >= 4 is 49.9 Å². The van der Waals surface area contributed by atoms with Gasteiger partial charge in [-0.25, -0.2) is 12.8 Å². The first-order valence-electron chi connectivity index (χ1n) is 6.51. The number of hydrogen-bond acceptors (Lipinski definition) is 4. The molecule has 0 saturated carbocycles. The highest BCUT2D eigenvalue weighted by Gasteiger charge is 2.22. The Bertz CT molecular complexity index is 1040. The zero-order valence-electron chi connectivity index (χ0n) is 12.1. The van der Waals surface area contributed by atoms with Gasteiger partial charge >= 0.3 is 0 Å². The van der Waals surface area contributed by atoms with E-state index in [0.29, 0.717) is 15.9 Å². The van der Waals surface area contributed by atoms with Crippen LogP contribution in [0.15, 0.2) is 35.4 Å². The van der Waals surface area contributed by atoms with Crippen molar-refractivity contribution in [1.29, 1.82) is 0 Å². The van der Waals surface area contributed by atoms with Crippen LogP contribution in [0.5, 0.6) is 5.88 Å². The van der Waals surface area contributed by atoms with E-state index in [2.05, 4.69) is 14.7 Å². The fourth-order valence-corrected chi connectivity index (χ4v) is 3.72. The van der Waals surface area contributed by atoms with Gasteiger partial charge in [-0.2, -0.15) is 4.98 Å². The van der Waals surface area contributed by atoms with Crippen LogP contribution in [0.1, 0.15) is 0 Å². The van der Waals surface area contributed by atoms with E-state index in [4.69, 9.17) is 27.9 Å². The van der Waals surface area contributed by atoms with Crippen molar-refractivity contribution in [2.24, 2.45) is 0 Å². The Morgan fingerprint density at radius 1 is 1.29 bits per heavy atom. The molecule has 10 heteroatoms. The van der Waals surface area contributed by atoms with Crippen molar-refractivity contribution in [3.63, 3.8) is 0 Å². The average Bonchev–Trinajstić information content (AvgIpc) is 2.93. The van der Waals surface area contributed by atoms with Crippen LogP contribution < -0.4 is 9.46 Å². The van der Waals surface area contributed by atoms with Gasteiger partial charge in [0.2, 0.25) is 5.88 Å². The molecule has 0 aliphatic carbocycles. The first-order valence-corrected chi connectivity index (χ1v) is 8.75. The molecule has 1 aromatic carbocycles. The molecule has 6 nitrogen and oxygen atoms in total. The van der Waals surface area contributed by atoms with Gasteiger partial charge in [0.15, 0.2) is 11.6 Å². The Labute approximate surface area is 146 Å². The summed E-state index contributed by atoms with van der Waals surface area (Å²) in [5.41, 5.74) is 0.532. The standard InChI is InChI=1S/C14H10Cl2FN3O3S/c1-23-14-9(16)5-10(17)13(19-14)20-24(21,22)12-6-18-11-4-7(15)2-3-8(11)12/h2-6,18H,1H3,(H,19,20). The number of pyridine rings is 1. The van der Waals surface area contributed by atoms with Gasteiger partial charge in [0.05, 0.1) is 7.11 Å². The fourth-order valence-electron chi connectivity index (χ4n) is 2.14. The van der Waals surface area contributed by atoms with E-state index in [1.165, 1.54) is 13.3 Å². The third kappa shape index (κ3) is 3.00. The predicted molar refractivity (Wildman–Crippen MR) is 89.9 cm³/mol. The van der Waals surface area contributed by atoms with Gasteiger partial charge in [0.25, 0.3) is 10.0 Å². The van der Waals surface area contributed by atoms with E-state index in [1.54, 1.807) is 18.2 Å². The molecule has 24 heavy (non-hydrogen) atoms. The lowest BCUT2D eigenvalue weighted by molar-refractivity contribution is 0.397. The number of anilines is 1. The van der Waals surface area contributed by atoms with E-state index >= 15 is 0 Å². The normalized spacial score (nSPS) is 11.7. The Hall–Kier alpha value is -2.03. The molecule has 2 heterocycles. The van der Waals surface area contributed by atoms with Crippen molar-refractivity contribution in [1.82, 2.24) is 9.97 Å². The Kier molecular flexibility index (Phi) is 4.29. The molecule has 0 radical (unpaired) electrons. The van der Waals surface area contributed by atoms with E-state index in [1.807, 2.05) is 0 Å². The van der Waals surface area contributed by atoms with Crippen LogP contribution in [-0.4, -0.2) is 25.5 Å². The largest absolute Gasteiger partial charge is 0.480 e. The van der Waals surface area contributed by atoms with Crippen LogP contribution >= 0.6 is 23.2 Å². The number of hydrogen-bond donors (Lipinski definition) is 2. The third-order valence-electron chi connectivity index (χ3n) is 3.22. The first-order chi connectivity index (χ1) is 11.3. The predicted octanol–water partition coefficient (Wildman–Crippen LogP) is 3.82. The minimum absolute atomic E-state index is 0.0655. The summed E-state index contributed by atoms with van der Waals surface area (Å²) in [7, 11) is -2.81. The van der Waals surface area contributed by atoms with Crippen molar-refractivity contribution in [2.75, 3.05) is 11.8 Å². The molecule has 0 aliphatic heterocycles. The second kappa shape index (κ2) is 6.12. The highest BCUT2D eigenvalue weighted by Crippen LogP contribution is 2.30. The minimum atomic E-state index is -4.10. The number of H-pyrrole nitrogens is 1. The van der Waals surface area contributed by atoms with E-state index in [9.17, 15) is 12.8 Å². The van der Waals surface area contributed by atoms with E-state index in [-0.39, 0.29) is 15.8 Å². The first kappa shape index (κ1) is 16.8. The molecular formula is C14H10Cl2FN3O3S. The van der Waals surface area contributed by atoms with Crippen LogP contribution in [-0.2, 0) is 10.0 Å². The van der Waals surface area contributed by atoms with Gasteiger partial charge in [-0.15, -0.1) is 0 Å². The van der Waals surface area contributed by atoms with Gasteiger partial charge in [0, 0.05) is 28.2 Å². The summed E-state index contributed by atoms with van der Waals surface area (Å²) in [6, 6.07) is 5.61. The number of aromatic nitrogens is 2. The number of rotatable bonds is 4. The number of ether oxygens (including phenoxy) is 1. The number of sulfonamides is 1. The van der Waals surface area contributed by atoms with Crippen LogP contribution in [0.25, 0.3) is 10.9 Å². The molecule has 2 aromatic heterocycles. The molecule has 0 aliphatic rings. The zero-order chi connectivity index (χ0) is 17.5. The second-order valence-electron chi connectivity index (χ2n) is 4.76. The number of nitrogens with zero attached hydrogens (tertiary/aromatic N) is 1. The summed E-state index contributed by atoms with van der Waals surface area (Å²) in [6.45, 7) is 0. The highest BCUT2D eigenvalue weighted by molar-refractivity contribution is 7.93. The number of nitrogens with one attached hydrogen (secondary N) is 2. The lowest BCUT2D eigenvalue weighted by Gasteiger charge is -2.09. The molecule has 126 valence electrons. The second-order valence-corrected chi connectivity index (χ2v) is 7.25. The molecule has 2 N–H and O–H groups in total. The molecule has 3 aromatic rings. The Morgan fingerprint density at radius 3 is 2.75 bits per heavy atom. The summed E-state index contributed by atoms with van der Waals surface area (Å²) < 4.78 is 46.0. The summed E-state index contributed by atoms with van der Waals surface area (Å²) in [4.78, 5) is 6.47. The van der Waals surface area contributed by atoms with Gasteiger partial charge < -0.3 is 9.72 Å². The van der Waals surface area contributed by atoms with E-state index in [0.717, 1.165) is 6.07 Å². The maximum Gasteiger partial charge on any atom is 0.265 e. The topological polar surface area (TPSA) is 84.1 Å². The Balaban J connectivity index is 2.05. The summed E-state index contributed by atoms with van der Waals surface area (Å²) in [6.07, 6.45) is 1.29. The quantitative estimate of drug-likeness (QED) is 0.710. The van der Waals surface area contributed by atoms with Crippen LogP contribution in [0, 0.1) is 5.82 Å². The zero-order valence-corrected chi connectivity index (χ0v) is 14.4. The maximum absolute atomic E-state index is 14.0. The molecular weight excluding hydrogens is 380 g/mol. The average molecular weight is 390 g/mol. The fraction of sp³-hybridized carbons (Fsp3) is 0.0714. The van der Waals surface area contributed by atoms with E-state index < -0.39 is 21.7 Å².